The molecule has 2 aromatic carbocycles. The van der Waals surface area contributed by atoms with Gasteiger partial charge in [0.25, 0.3) is 0 Å². The Morgan fingerprint density at radius 1 is 0.792 bits per heavy atom. The van der Waals surface area contributed by atoms with Crippen LogP contribution in [0.4, 0.5) is 4.79 Å². The van der Waals surface area contributed by atoms with Gasteiger partial charge in [0.2, 0.25) is 0 Å². The third kappa shape index (κ3) is 4.60. The topological polar surface area (TPSA) is 41.1 Å². The molecule has 1 aliphatic rings. The second-order valence-corrected chi connectivity index (χ2v) is 6.56. The molecule has 0 heterocycles. The normalized spacial score (nSPS) is 15.7. The number of benzene rings is 2. The monoisotopic (exact) mass is 322 g/mol. The smallest absolute Gasteiger partial charge is 0.315 e. The molecule has 1 fully saturated rings. The van der Waals surface area contributed by atoms with Crippen molar-refractivity contribution in [1.29, 1.82) is 0 Å². The molecule has 0 saturated heterocycles. The molecule has 0 aromatic heterocycles. The maximum Gasteiger partial charge on any atom is 0.315 e. The van der Waals surface area contributed by atoms with Crippen LogP contribution in [-0.4, -0.2) is 12.1 Å². The third-order valence-corrected chi connectivity index (χ3v) is 4.73. The standard InChI is InChI=1S/C21H26N2O/c24-21(22-19-15-9-1-2-10-16-19)23-20(17-11-5-3-6-12-17)18-13-7-4-8-14-18/h3-8,11-14,19-20H,1-2,9-10,15-16H2,(H2,22,23,24). The van der Waals surface area contributed by atoms with Gasteiger partial charge in [0.1, 0.15) is 0 Å². The summed E-state index contributed by atoms with van der Waals surface area (Å²) in [5, 5.41) is 6.35. The molecule has 3 heteroatoms. The van der Waals surface area contributed by atoms with Gasteiger partial charge in [-0.2, -0.15) is 0 Å². The summed E-state index contributed by atoms with van der Waals surface area (Å²) in [5.74, 6) is 0. The lowest BCUT2D eigenvalue weighted by molar-refractivity contribution is 0.233. The predicted molar refractivity (Wildman–Crippen MR) is 97.9 cm³/mol. The lowest BCUT2D eigenvalue weighted by Crippen LogP contribution is -2.43. The number of carbonyl (C=O) groups is 1. The van der Waals surface area contributed by atoms with Crippen molar-refractivity contribution in [1.82, 2.24) is 10.6 Å². The number of amides is 2. The van der Waals surface area contributed by atoms with Gasteiger partial charge in [-0.15, -0.1) is 0 Å². The van der Waals surface area contributed by atoms with Crippen LogP contribution in [0.2, 0.25) is 0 Å². The minimum atomic E-state index is -0.127. The van der Waals surface area contributed by atoms with E-state index in [0.29, 0.717) is 6.04 Å². The number of urea groups is 1. The zero-order valence-electron chi connectivity index (χ0n) is 14.1. The molecular weight excluding hydrogens is 296 g/mol. The van der Waals surface area contributed by atoms with Gasteiger partial charge in [-0.25, -0.2) is 4.79 Å². The number of nitrogens with one attached hydrogen (secondary N) is 2. The Morgan fingerprint density at radius 2 is 1.29 bits per heavy atom. The van der Waals surface area contributed by atoms with Gasteiger partial charge < -0.3 is 10.6 Å². The molecule has 2 N–H and O–H groups in total. The van der Waals surface area contributed by atoms with Crippen molar-refractivity contribution in [3.8, 4) is 0 Å². The van der Waals surface area contributed by atoms with E-state index in [2.05, 4.69) is 34.9 Å². The van der Waals surface area contributed by atoms with E-state index in [9.17, 15) is 4.79 Å². The first-order chi connectivity index (χ1) is 11.8. The van der Waals surface area contributed by atoms with E-state index >= 15 is 0 Å². The van der Waals surface area contributed by atoms with Gasteiger partial charge >= 0.3 is 6.03 Å². The van der Waals surface area contributed by atoms with Crippen molar-refractivity contribution in [2.45, 2.75) is 50.6 Å². The van der Waals surface area contributed by atoms with E-state index in [0.717, 1.165) is 24.0 Å². The summed E-state index contributed by atoms with van der Waals surface area (Å²) in [6.45, 7) is 0. The van der Waals surface area contributed by atoms with Crippen LogP contribution < -0.4 is 10.6 Å². The minimum absolute atomic E-state index is 0.0698. The minimum Gasteiger partial charge on any atom is -0.335 e. The Kier molecular flexibility index (Phi) is 5.89. The van der Waals surface area contributed by atoms with Gasteiger partial charge in [0.05, 0.1) is 6.04 Å². The Hall–Kier alpha value is -2.29. The summed E-state index contributed by atoms with van der Waals surface area (Å²) in [5.41, 5.74) is 2.19. The summed E-state index contributed by atoms with van der Waals surface area (Å²) in [6, 6.07) is 20.4. The molecule has 0 atom stereocenters. The highest BCUT2D eigenvalue weighted by Crippen LogP contribution is 2.22. The molecule has 126 valence electrons. The molecule has 1 saturated carbocycles. The molecule has 0 radical (unpaired) electrons. The van der Waals surface area contributed by atoms with Crippen molar-refractivity contribution in [2.75, 3.05) is 0 Å². The summed E-state index contributed by atoms with van der Waals surface area (Å²) in [6.07, 6.45) is 7.19. The number of hydrogen-bond donors (Lipinski definition) is 2. The van der Waals surface area contributed by atoms with Crippen LogP contribution in [0.15, 0.2) is 60.7 Å². The SMILES string of the molecule is O=C(NC1CCCCCC1)NC(c1ccccc1)c1ccccc1. The first kappa shape index (κ1) is 16.6. The summed E-state index contributed by atoms with van der Waals surface area (Å²) < 4.78 is 0. The van der Waals surface area contributed by atoms with Gasteiger partial charge in [0.15, 0.2) is 0 Å². The number of rotatable bonds is 4. The van der Waals surface area contributed by atoms with E-state index in [4.69, 9.17) is 0 Å². The summed E-state index contributed by atoms with van der Waals surface area (Å²) >= 11 is 0. The molecule has 0 bridgehead atoms. The van der Waals surface area contributed by atoms with Crippen LogP contribution in [0.5, 0.6) is 0 Å². The molecular formula is C21H26N2O. The molecule has 0 unspecified atom stereocenters. The van der Waals surface area contributed by atoms with Crippen LogP contribution in [0, 0.1) is 0 Å². The van der Waals surface area contributed by atoms with Crippen LogP contribution in [0.25, 0.3) is 0 Å². The van der Waals surface area contributed by atoms with E-state index in [1.54, 1.807) is 0 Å². The van der Waals surface area contributed by atoms with E-state index < -0.39 is 0 Å². The van der Waals surface area contributed by atoms with Crippen LogP contribution in [-0.2, 0) is 0 Å². The first-order valence-electron chi connectivity index (χ1n) is 9.00. The lowest BCUT2D eigenvalue weighted by atomic mass is 9.99. The van der Waals surface area contributed by atoms with Gasteiger partial charge in [-0.3, -0.25) is 0 Å². The first-order valence-corrected chi connectivity index (χ1v) is 9.00. The second kappa shape index (κ2) is 8.53. The fourth-order valence-corrected chi connectivity index (χ4v) is 3.43. The average Bonchev–Trinajstić information content (AvgIpc) is 2.90. The van der Waals surface area contributed by atoms with Gasteiger partial charge in [-0.1, -0.05) is 86.3 Å². The van der Waals surface area contributed by atoms with Crippen molar-refractivity contribution in [3.05, 3.63) is 71.8 Å². The van der Waals surface area contributed by atoms with Crippen molar-refractivity contribution < 1.29 is 4.79 Å². The Balaban J connectivity index is 1.71. The molecule has 24 heavy (non-hydrogen) atoms. The van der Waals surface area contributed by atoms with Gasteiger partial charge in [0, 0.05) is 6.04 Å². The Labute approximate surface area is 144 Å². The molecule has 3 nitrogen and oxygen atoms in total. The van der Waals surface area contributed by atoms with E-state index in [-0.39, 0.29) is 12.1 Å². The van der Waals surface area contributed by atoms with Gasteiger partial charge in [-0.05, 0) is 24.0 Å². The zero-order chi connectivity index (χ0) is 16.6. The quantitative estimate of drug-likeness (QED) is 0.780. The van der Waals surface area contributed by atoms with Crippen LogP contribution in [0.1, 0.15) is 55.7 Å². The van der Waals surface area contributed by atoms with Crippen LogP contribution >= 0.6 is 0 Å². The maximum atomic E-state index is 12.6. The lowest BCUT2D eigenvalue weighted by Gasteiger charge is -2.23. The fourth-order valence-electron chi connectivity index (χ4n) is 3.43. The van der Waals surface area contributed by atoms with Crippen molar-refractivity contribution in [3.63, 3.8) is 0 Å². The van der Waals surface area contributed by atoms with Crippen LogP contribution in [0.3, 0.4) is 0 Å². The van der Waals surface area contributed by atoms with Crippen molar-refractivity contribution in [2.24, 2.45) is 0 Å². The fraction of sp³-hybridized carbons (Fsp3) is 0.381. The number of carbonyl (C=O) groups excluding carboxylic acids is 1. The van der Waals surface area contributed by atoms with E-state index in [1.807, 2.05) is 36.4 Å². The highest BCUT2D eigenvalue weighted by atomic mass is 16.2. The second-order valence-electron chi connectivity index (χ2n) is 6.56. The van der Waals surface area contributed by atoms with Crippen molar-refractivity contribution >= 4 is 6.03 Å². The molecule has 0 spiro atoms. The highest BCUT2D eigenvalue weighted by Gasteiger charge is 2.19. The zero-order valence-corrected chi connectivity index (χ0v) is 14.1. The molecule has 1 aliphatic carbocycles. The molecule has 2 amide bonds. The Morgan fingerprint density at radius 3 is 1.79 bits per heavy atom. The molecule has 3 rings (SSSR count). The number of hydrogen-bond acceptors (Lipinski definition) is 1. The van der Waals surface area contributed by atoms with E-state index in [1.165, 1.54) is 25.7 Å². The average molecular weight is 322 g/mol. The largest absolute Gasteiger partial charge is 0.335 e. The Bertz CT molecular complexity index is 579. The molecule has 0 aliphatic heterocycles. The molecule has 2 aromatic rings. The third-order valence-electron chi connectivity index (χ3n) is 4.73. The summed E-state index contributed by atoms with van der Waals surface area (Å²) in [7, 11) is 0. The summed E-state index contributed by atoms with van der Waals surface area (Å²) in [4.78, 5) is 12.6. The maximum absolute atomic E-state index is 12.6. The highest BCUT2D eigenvalue weighted by molar-refractivity contribution is 5.75. The predicted octanol–water partition coefficient (Wildman–Crippen LogP) is 4.80.